The second-order valence-corrected chi connectivity index (χ2v) is 3.87. The Kier molecular flexibility index (Phi) is 3.34. The van der Waals surface area contributed by atoms with E-state index in [0.717, 1.165) is 5.92 Å². The van der Waals surface area contributed by atoms with Crippen molar-refractivity contribution < 1.29 is 0 Å². The minimum Gasteiger partial charge on any atom is -0.302 e. The molecule has 2 heteroatoms. The Morgan fingerprint density at radius 3 is 2.82 bits per heavy atom. The molecule has 1 aliphatic heterocycles. The van der Waals surface area contributed by atoms with Crippen molar-refractivity contribution in [1.29, 1.82) is 0 Å². The van der Waals surface area contributed by atoms with Crippen molar-refractivity contribution in [3.8, 4) is 0 Å². The molecular weight excluding hydrogens is 136 g/mol. The third kappa shape index (κ3) is 2.80. The van der Waals surface area contributed by atoms with Gasteiger partial charge in [0.05, 0.1) is 6.17 Å². The molecule has 0 aromatic heterocycles. The largest absolute Gasteiger partial charge is 0.302 e. The fraction of sp³-hybridized carbons (Fsp3) is 1.00. The summed E-state index contributed by atoms with van der Waals surface area (Å²) in [4.78, 5) is 2.52. The van der Waals surface area contributed by atoms with Gasteiger partial charge >= 0.3 is 0 Å². The van der Waals surface area contributed by atoms with Crippen LogP contribution in [0.1, 0.15) is 27.2 Å². The molecule has 1 saturated heterocycles. The third-order valence-electron chi connectivity index (χ3n) is 2.21. The molecule has 1 aliphatic rings. The van der Waals surface area contributed by atoms with Gasteiger partial charge in [-0.1, -0.05) is 13.8 Å². The maximum atomic E-state index is 3.46. The van der Waals surface area contributed by atoms with Crippen molar-refractivity contribution in [2.24, 2.45) is 5.92 Å². The Bertz CT molecular complexity index is 112. The van der Waals surface area contributed by atoms with Gasteiger partial charge in [-0.05, 0) is 25.8 Å². The minimum absolute atomic E-state index is 0.589. The van der Waals surface area contributed by atoms with Crippen molar-refractivity contribution in [3.05, 3.63) is 0 Å². The van der Waals surface area contributed by atoms with Gasteiger partial charge in [0.25, 0.3) is 0 Å². The fourth-order valence-electron chi connectivity index (χ4n) is 1.63. The number of hydrogen-bond acceptors (Lipinski definition) is 2. The molecule has 0 aromatic carbocycles. The SMILES string of the molecule is CC(C)CN1CCCNC1C. The zero-order valence-electron chi connectivity index (χ0n) is 7.93. The van der Waals surface area contributed by atoms with Gasteiger partial charge in [-0.15, -0.1) is 0 Å². The highest BCUT2D eigenvalue weighted by atomic mass is 15.3. The lowest BCUT2D eigenvalue weighted by molar-refractivity contribution is 0.128. The van der Waals surface area contributed by atoms with E-state index in [9.17, 15) is 0 Å². The molecule has 0 amide bonds. The lowest BCUT2D eigenvalue weighted by Gasteiger charge is -2.35. The van der Waals surface area contributed by atoms with E-state index in [2.05, 4.69) is 31.0 Å². The molecule has 1 heterocycles. The van der Waals surface area contributed by atoms with Gasteiger partial charge in [-0.25, -0.2) is 0 Å². The Hall–Kier alpha value is -0.0800. The second kappa shape index (κ2) is 4.07. The van der Waals surface area contributed by atoms with Crippen molar-refractivity contribution >= 4 is 0 Å². The molecule has 0 radical (unpaired) electrons. The number of rotatable bonds is 2. The molecule has 0 spiro atoms. The van der Waals surface area contributed by atoms with E-state index in [1.54, 1.807) is 0 Å². The average molecular weight is 156 g/mol. The highest BCUT2D eigenvalue weighted by Crippen LogP contribution is 2.06. The van der Waals surface area contributed by atoms with Crippen LogP contribution < -0.4 is 5.32 Å². The second-order valence-electron chi connectivity index (χ2n) is 3.87. The van der Waals surface area contributed by atoms with Crippen LogP contribution in [0.2, 0.25) is 0 Å². The van der Waals surface area contributed by atoms with Gasteiger partial charge in [0.1, 0.15) is 0 Å². The molecule has 1 unspecified atom stereocenters. The van der Waals surface area contributed by atoms with Crippen LogP contribution in [-0.4, -0.2) is 30.7 Å². The first-order valence-electron chi connectivity index (χ1n) is 4.67. The van der Waals surface area contributed by atoms with Crippen LogP contribution in [-0.2, 0) is 0 Å². The van der Waals surface area contributed by atoms with Gasteiger partial charge in [0.2, 0.25) is 0 Å². The van der Waals surface area contributed by atoms with Crippen molar-refractivity contribution in [2.45, 2.75) is 33.4 Å². The van der Waals surface area contributed by atoms with Crippen molar-refractivity contribution in [3.63, 3.8) is 0 Å². The summed E-state index contributed by atoms with van der Waals surface area (Å²) in [5, 5.41) is 3.46. The summed E-state index contributed by atoms with van der Waals surface area (Å²) in [5.74, 6) is 0.789. The summed E-state index contributed by atoms with van der Waals surface area (Å²) >= 11 is 0. The summed E-state index contributed by atoms with van der Waals surface area (Å²) in [6.45, 7) is 10.5. The number of nitrogens with one attached hydrogen (secondary N) is 1. The molecule has 1 rings (SSSR count). The van der Waals surface area contributed by atoms with Crippen LogP contribution in [0.5, 0.6) is 0 Å². The molecule has 0 aliphatic carbocycles. The number of hydrogen-bond donors (Lipinski definition) is 1. The van der Waals surface area contributed by atoms with E-state index < -0.39 is 0 Å². The zero-order chi connectivity index (χ0) is 8.27. The summed E-state index contributed by atoms with van der Waals surface area (Å²) < 4.78 is 0. The van der Waals surface area contributed by atoms with E-state index in [4.69, 9.17) is 0 Å². The van der Waals surface area contributed by atoms with E-state index in [1.165, 1.54) is 26.1 Å². The van der Waals surface area contributed by atoms with Crippen LogP contribution in [0.3, 0.4) is 0 Å². The fourth-order valence-corrected chi connectivity index (χ4v) is 1.63. The monoisotopic (exact) mass is 156 g/mol. The van der Waals surface area contributed by atoms with Gasteiger partial charge in [-0.3, -0.25) is 4.90 Å². The predicted molar refractivity (Wildman–Crippen MR) is 48.5 cm³/mol. The third-order valence-corrected chi connectivity index (χ3v) is 2.21. The summed E-state index contributed by atoms with van der Waals surface area (Å²) in [6, 6.07) is 0. The van der Waals surface area contributed by atoms with Crippen LogP contribution in [0.25, 0.3) is 0 Å². The minimum atomic E-state index is 0.589. The summed E-state index contributed by atoms with van der Waals surface area (Å²) in [6.07, 6.45) is 1.89. The van der Waals surface area contributed by atoms with Crippen LogP contribution in [0.15, 0.2) is 0 Å². The standard InChI is InChI=1S/C9H20N2/c1-8(2)7-11-6-4-5-10-9(11)3/h8-10H,4-7H2,1-3H3. The maximum absolute atomic E-state index is 3.46. The Labute approximate surface area is 70.0 Å². The molecule has 0 saturated carbocycles. The van der Waals surface area contributed by atoms with Crippen LogP contribution in [0, 0.1) is 5.92 Å². The Morgan fingerprint density at radius 1 is 1.55 bits per heavy atom. The molecule has 1 N–H and O–H groups in total. The lowest BCUT2D eigenvalue weighted by Crippen LogP contribution is -2.50. The van der Waals surface area contributed by atoms with Gasteiger partial charge in [0.15, 0.2) is 0 Å². The molecule has 1 fully saturated rings. The highest BCUT2D eigenvalue weighted by molar-refractivity contribution is 4.72. The average Bonchev–Trinajstić information content (AvgIpc) is 1.93. The van der Waals surface area contributed by atoms with Gasteiger partial charge < -0.3 is 5.32 Å². The zero-order valence-corrected chi connectivity index (χ0v) is 7.93. The first kappa shape index (κ1) is 9.01. The van der Waals surface area contributed by atoms with E-state index in [1.807, 2.05) is 0 Å². The summed E-state index contributed by atoms with van der Waals surface area (Å²) in [5.41, 5.74) is 0. The smallest absolute Gasteiger partial charge is 0.0568 e. The quantitative estimate of drug-likeness (QED) is 0.648. The van der Waals surface area contributed by atoms with Crippen molar-refractivity contribution in [2.75, 3.05) is 19.6 Å². The highest BCUT2D eigenvalue weighted by Gasteiger charge is 2.17. The first-order chi connectivity index (χ1) is 5.20. The summed E-state index contributed by atoms with van der Waals surface area (Å²) in [7, 11) is 0. The van der Waals surface area contributed by atoms with Gasteiger partial charge in [-0.2, -0.15) is 0 Å². The van der Waals surface area contributed by atoms with Crippen molar-refractivity contribution in [1.82, 2.24) is 10.2 Å². The molecule has 11 heavy (non-hydrogen) atoms. The Morgan fingerprint density at radius 2 is 2.27 bits per heavy atom. The van der Waals surface area contributed by atoms with E-state index >= 15 is 0 Å². The first-order valence-corrected chi connectivity index (χ1v) is 4.67. The maximum Gasteiger partial charge on any atom is 0.0568 e. The van der Waals surface area contributed by atoms with E-state index in [0.29, 0.717) is 6.17 Å². The van der Waals surface area contributed by atoms with E-state index in [-0.39, 0.29) is 0 Å². The van der Waals surface area contributed by atoms with Gasteiger partial charge in [0, 0.05) is 13.1 Å². The molecule has 1 atom stereocenters. The van der Waals surface area contributed by atoms with Crippen LogP contribution >= 0.6 is 0 Å². The normalized spacial score (nSPS) is 27.8. The topological polar surface area (TPSA) is 15.3 Å². The van der Waals surface area contributed by atoms with Crippen LogP contribution in [0.4, 0.5) is 0 Å². The molecular formula is C9H20N2. The molecule has 0 bridgehead atoms. The lowest BCUT2D eigenvalue weighted by atomic mass is 10.1. The molecule has 2 nitrogen and oxygen atoms in total. The predicted octanol–water partition coefficient (Wildman–Crippen LogP) is 1.28. The Balaban J connectivity index is 2.29. The molecule has 0 aromatic rings. The number of nitrogens with zero attached hydrogens (tertiary/aromatic N) is 1. The molecule has 66 valence electrons.